The zero-order valence-corrected chi connectivity index (χ0v) is 16.7. The van der Waals surface area contributed by atoms with Crippen LogP contribution in [0.5, 0.6) is 0 Å². The van der Waals surface area contributed by atoms with Crippen LogP contribution in [0.2, 0.25) is 0 Å². The fraction of sp³-hybridized carbons (Fsp3) is 0.0455. The number of nitrogens with one attached hydrogen (secondary N) is 2. The Kier molecular flexibility index (Phi) is 6.65. The minimum Gasteiger partial charge on any atom is -0.308 e. The molecular weight excluding hydrogens is 405 g/mol. The molecule has 0 aliphatic rings. The molecule has 2 aromatic heterocycles. The van der Waals surface area contributed by atoms with E-state index < -0.39 is 11.6 Å². The van der Waals surface area contributed by atoms with Gasteiger partial charge in [0.1, 0.15) is 6.29 Å². The number of pyridine rings is 2. The van der Waals surface area contributed by atoms with E-state index in [1.807, 2.05) is 5.82 Å². The van der Waals surface area contributed by atoms with Crippen molar-refractivity contribution < 1.29 is 13.6 Å². The molecule has 0 spiro atoms. The van der Waals surface area contributed by atoms with Crippen LogP contribution < -0.4 is 0 Å². The number of benzene rings is 1. The van der Waals surface area contributed by atoms with Gasteiger partial charge in [0.15, 0.2) is 11.6 Å². The highest BCUT2D eigenvalue weighted by atomic mass is 31.1. The number of hydrogen-bond acceptors (Lipinski definition) is 5. The Hall–Kier alpha value is -3.44. The summed E-state index contributed by atoms with van der Waals surface area (Å²) in [6.07, 6.45) is 4.05. The summed E-state index contributed by atoms with van der Waals surface area (Å²) >= 11 is 0. The molecule has 2 heterocycles. The Morgan fingerprint density at radius 1 is 1.10 bits per heavy atom. The molecular formula is C22H17F2N4OP. The van der Waals surface area contributed by atoms with Gasteiger partial charge >= 0.3 is 0 Å². The minimum atomic E-state index is -1.04. The van der Waals surface area contributed by atoms with Gasteiger partial charge < -0.3 is 10.2 Å². The Labute approximate surface area is 173 Å². The van der Waals surface area contributed by atoms with Crippen molar-refractivity contribution >= 4 is 49.0 Å². The number of aromatic nitrogens is 2. The Morgan fingerprint density at radius 3 is 2.60 bits per heavy atom. The molecule has 3 rings (SSSR count). The first-order chi connectivity index (χ1) is 14.4. The maximum Gasteiger partial charge on any atom is 0.159 e. The summed E-state index contributed by atoms with van der Waals surface area (Å²) in [5, 5.41) is 15.9. The molecule has 0 aliphatic carbocycles. The van der Waals surface area contributed by atoms with Gasteiger partial charge in [-0.25, -0.2) is 13.8 Å². The zero-order valence-electron chi connectivity index (χ0n) is 15.7. The molecule has 0 aliphatic heterocycles. The van der Waals surface area contributed by atoms with E-state index in [0.29, 0.717) is 34.0 Å². The highest BCUT2D eigenvalue weighted by molar-refractivity contribution is 7.43. The first kappa shape index (κ1) is 21.3. The molecule has 2 N–H and O–H groups in total. The van der Waals surface area contributed by atoms with Crippen molar-refractivity contribution in [3.8, 4) is 0 Å². The first-order valence-corrected chi connectivity index (χ1v) is 10.1. The van der Waals surface area contributed by atoms with Crippen molar-refractivity contribution in [2.75, 3.05) is 6.16 Å². The molecule has 0 amide bonds. The number of nitrogens with zero attached hydrogens (tertiary/aromatic N) is 2. The van der Waals surface area contributed by atoms with Crippen molar-refractivity contribution in [1.82, 2.24) is 9.97 Å². The SMILES string of the molecule is C=C(C(=N)c1ccc(F)c(F)c1)c1ccc2ncc(/C(C=N)=C/PCC=O)cc2n1. The highest BCUT2D eigenvalue weighted by Gasteiger charge is 2.13. The van der Waals surface area contributed by atoms with Gasteiger partial charge in [0.05, 0.1) is 22.4 Å². The third-order valence-corrected chi connectivity index (χ3v) is 5.22. The topological polar surface area (TPSA) is 90.5 Å². The number of hydrogen-bond donors (Lipinski definition) is 2. The summed E-state index contributed by atoms with van der Waals surface area (Å²) in [6, 6.07) is 8.38. The third kappa shape index (κ3) is 4.58. The fourth-order valence-corrected chi connectivity index (χ4v) is 3.40. The predicted molar refractivity (Wildman–Crippen MR) is 118 cm³/mol. The Morgan fingerprint density at radius 2 is 1.90 bits per heavy atom. The van der Waals surface area contributed by atoms with Gasteiger partial charge in [-0.3, -0.25) is 10.4 Å². The van der Waals surface area contributed by atoms with Crippen LogP contribution in [0.15, 0.2) is 55.0 Å². The van der Waals surface area contributed by atoms with E-state index in [-0.39, 0.29) is 25.4 Å². The van der Waals surface area contributed by atoms with Crippen LogP contribution in [0.1, 0.15) is 16.8 Å². The first-order valence-electron chi connectivity index (χ1n) is 8.83. The summed E-state index contributed by atoms with van der Waals surface area (Å²) in [7, 11) is 0.265. The monoisotopic (exact) mass is 422 g/mol. The van der Waals surface area contributed by atoms with Crippen LogP contribution >= 0.6 is 8.58 Å². The highest BCUT2D eigenvalue weighted by Crippen LogP contribution is 2.24. The van der Waals surface area contributed by atoms with Crippen LogP contribution in [0, 0.1) is 22.5 Å². The van der Waals surface area contributed by atoms with Crippen molar-refractivity contribution in [3.63, 3.8) is 0 Å². The normalized spacial score (nSPS) is 11.7. The second-order valence-electron chi connectivity index (χ2n) is 6.26. The van der Waals surface area contributed by atoms with Crippen molar-refractivity contribution in [2.24, 2.45) is 0 Å². The molecule has 1 aromatic carbocycles. The smallest absolute Gasteiger partial charge is 0.159 e. The summed E-state index contributed by atoms with van der Waals surface area (Å²) in [4.78, 5) is 19.4. The largest absolute Gasteiger partial charge is 0.308 e. The molecule has 0 saturated carbocycles. The summed E-state index contributed by atoms with van der Waals surface area (Å²) in [6.45, 7) is 3.88. The van der Waals surface area contributed by atoms with Gasteiger partial charge in [-0.1, -0.05) is 21.0 Å². The van der Waals surface area contributed by atoms with Crippen molar-refractivity contribution in [1.29, 1.82) is 10.8 Å². The molecule has 0 fully saturated rings. The minimum absolute atomic E-state index is 0.0694. The number of allylic oxidation sites excluding steroid dienone is 2. The number of carbonyl (C=O) groups is 1. The van der Waals surface area contributed by atoms with Crippen LogP contribution in [0.3, 0.4) is 0 Å². The Balaban J connectivity index is 1.94. The molecule has 0 saturated heterocycles. The van der Waals surface area contributed by atoms with Crippen LogP contribution in [-0.2, 0) is 4.79 Å². The molecule has 0 radical (unpaired) electrons. The van der Waals surface area contributed by atoms with Gasteiger partial charge in [-0.05, 0) is 36.4 Å². The average Bonchev–Trinajstić information content (AvgIpc) is 2.77. The number of fused-ring (bicyclic) bond motifs is 1. The second-order valence-corrected chi connectivity index (χ2v) is 7.37. The third-order valence-electron chi connectivity index (χ3n) is 4.30. The maximum absolute atomic E-state index is 13.5. The van der Waals surface area contributed by atoms with Gasteiger partial charge in [-0.2, -0.15) is 0 Å². The lowest BCUT2D eigenvalue weighted by Gasteiger charge is -2.10. The molecule has 0 bridgehead atoms. The number of aldehydes is 1. The van der Waals surface area contributed by atoms with E-state index in [1.54, 1.807) is 24.4 Å². The second kappa shape index (κ2) is 9.37. The van der Waals surface area contributed by atoms with Gasteiger partial charge in [0.25, 0.3) is 0 Å². The van der Waals surface area contributed by atoms with Crippen molar-refractivity contribution in [2.45, 2.75) is 0 Å². The van der Waals surface area contributed by atoms with E-state index in [2.05, 4.69) is 16.5 Å². The zero-order chi connectivity index (χ0) is 21.7. The number of halogens is 2. The van der Waals surface area contributed by atoms with Crippen molar-refractivity contribution in [3.05, 3.63) is 83.4 Å². The quantitative estimate of drug-likeness (QED) is 0.235. The lowest BCUT2D eigenvalue weighted by Crippen LogP contribution is -2.05. The van der Waals surface area contributed by atoms with Crippen LogP contribution in [0.25, 0.3) is 22.2 Å². The number of carbonyl (C=O) groups excluding carboxylic acids is 1. The standard InChI is InChI=1S/C22H17F2N4OP/c1-13(22(26)14-2-3-17(23)18(24)8-14)19-4-5-20-21(28-19)9-15(11-27-20)16(10-25)12-30-7-6-29/h2-6,8-12,25-26,30H,1,7H2/b16-12+,25-10?,26-22?. The molecule has 150 valence electrons. The van der Waals surface area contributed by atoms with E-state index in [4.69, 9.17) is 10.8 Å². The molecule has 30 heavy (non-hydrogen) atoms. The lowest BCUT2D eigenvalue weighted by molar-refractivity contribution is -0.105. The van der Waals surface area contributed by atoms with Gasteiger partial charge in [0, 0.05) is 40.8 Å². The predicted octanol–water partition coefficient (Wildman–Crippen LogP) is 4.86. The average molecular weight is 422 g/mol. The maximum atomic E-state index is 13.5. The fourth-order valence-electron chi connectivity index (χ4n) is 2.71. The molecule has 5 nitrogen and oxygen atoms in total. The van der Waals surface area contributed by atoms with Gasteiger partial charge in [-0.15, -0.1) is 0 Å². The van der Waals surface area contributed by atoms with Crippen LogP contribution in [-0.4, -0.2) is 34.3 Å². The molecule has 1 unspecified atom stereocenters. The van der Waals surface area contributed by atoms with Gasteiger partial charge in [0.2, 0.25) is 0 Å². The van der Waals surface area contributed by atoms with E-state index in [0.717, 1.165) is 18.4 Å². The molecule has 8 heteroatoms. The Bertz CT molecular complexity index is 1210. The summed E-state index contributed by atoms with van der Waals surface area (Å²) in [5.41, 5.74) is 3.25. The number of rotatable bonds is 8. The molecule has 3 aromatic rings. The lowest BCUT2D eigenvalue weighted by atomic mass is 10.0. The summed E-state index contributed by atoms with van der Waals surface area (Å²) < 4.78 is 26.7. The van der Waals surface area contributed by atoms with E-state index in [9.17, 15) is 13.6 Å². The van der Waals surface area contributed by atoms with Crippen LogP contribution in [0.4, 0.5) is 8.78 Å². The summed E-state index contributed by atoms with van der Waals surface area (Å²) in [5.74, 6) is -0.207. The molecule has 1 atom stereocenters. The van der Waals surface area contributed by atoms with E-state index in [1.165, 1.54) is 12.3 Å². The van der Waals surface area contributed by atoms with E-state index >= 15 is 0 Å².